The van der Waals surface area contributed by atoms with Crippen molar-refractivity contribution in [3.8, 4) is 0 Å². The number of aromatic nitrogens is 2. The van der Waals surface area contributed by atoms with Crippen molar-refractivity contribution in [1.29, 1.82) is 0 Å². The third-order valence-electron chi connectivity index (χ3n) is 4.72. The minimum atomic E-state index is 0.0998. The predicted octanol–water partition coefficient (Wildman–Crippen LogP) is 3.51. The minimum Gasteiger partial charge on any atom is -0.333 e. The zero-order valence-electron chi connectivity index (χ0n) is 12.0. The minimum absolute atomic E-state index is 0.0998. The van der Waals surface area contributed by atoms with E-state index < -0.39 is 0 Å². The molecule has 1 atom stereocenters. The summed E-state index contributed by atoms with van der Waals surface area (Å²) in [7, 11) is 0. The summed E-state index contributed by atoms with van der Waals surface area (Å²) >= 11 is 0. The molecule has 1 unspecified atom stereocenters. The average Bonchev–Trinajstić information content (AvgIpc) is 2.98. The van der Waals surface area contributed by atoms with Gasteiger partial charge >= 0.3 is 0 Å². The smallest absolute Gasteiger partial charge is 0.0948 e. The maximum atomic E-state index is 6.28. The molecule has 0 amide bonds. The fourth-order valence-corrected chi connectivity index (χ4v) is 3.19. The first-order chi connectivity index (χ1) is 8.58. The van der Waals surface area contributed by atoms with Crippen LogP contribution in [0.5, 0.6) is 0 Å². The zero-order chi connectivity index (χ0) is 13.2. The molecule has 0 spiro atoms. The molecule has 1 aromatic rings. The summed E-state index contributed by atoms with van der Waals surface area (Å²) < 4.78 is 2.31. The van der Waals surface area contributed by atoms with E-state index in [9.17, 15) is 0 Å². The molecule has 0 aliphatic heterocycles. The highest BCUT2D eigenvalue weighted by molar-refractivity contribution is 5.06. The van der Waals surface area contributed by atoms with Gasteiger partial charge in [0.1, 0.15) is 0 Å². The van der Waals surface area contributed by atoms with Gasteiger partial charge in [-0.3, -0.25) is 0 Å². The van der Waals surface area contributed by atoms with Gasteiger partial charge in [0.15, 0.2) is 0 Å². The first-order valence-corrected chi connectivity index (χ1v) is 7.33. The highest BCUT2D eigenvalue weighted by atomic mass is 15.1. The van der Waals surface area contributed by atoms with Gasteiger partial charge in [0, 0.05) is 18.8 Å². The van der Waals surface area contributed by atoms with E-state index in [2.05, 4.69) is 30.3 Å². The Kier molecular flexibility index (Phi) is 4.10. The van der Waals surface area contributed by atoms with Crippen LogP contribution >= 0.6 is 0 Å². The monoisotopic (exact) mass is 249 g/mol. The van der Waals surface area contributed by atoms with Gasteiger partial charge in [-0.05, 0) is 30.6 Å². The number of nitrogens with zero attached hydrogens (tertiary/aromatic N) is 2. The van der Waals surface area contributed by atoms with Crippen LogP contribution in [0.3, 0.4) is 0 Å². The van der Waals surface area contributed by atoms with Crippen LogP contribution in [0.2, 0.25) is 0 Å². The Hall–Kier alpha value is -0.830. The molecular formula is C15H27N3. The number of rotatable bonds is 5. The van der Waals surface area contributed by atoms with Gasteiger partial charge in [-0.2, -0.15) is 0 Å². The SMILES string of the molecule is CCC1(Cn2cncc2C(N)C(C)C)CCCC1. The topological polar surface area (TPSA) is 43.8 Å². The summed E-state index contributed by atoms with van der Waals surface area (Å²) in [5.74, 6) is 0.460. The zero-order valence-corrected chi connectivity index (χ0v) is 12.0. The maximum absolute atomic E-state index is 6.28. The standard InChI is InChI=1S/C15H27N3/c1-4-15(7-5-6-8-15)10-18-11-17-9-13(18)14(16)12(2)3/h9,11-12,14H,4-8,10,16H2,1-3H3. The lowest BCUT2D eigenvalue weighted by atomic mass is 9.83. The van der Waals surface area contributed by atoms with Crippen molar-refractivity contribution in [3.63, 3.8) is 0 Å². The van der Waals surface area contributed by atoms with E-state index in [0.717, 1.165) is 6.54 Å². The van der Waals surface area contributed by atoms with Crippen molar-refractivity contribution >= 4 is 0 Å². The van der Waals surface area contributed by atoms with Crippen LogP contribution < -0.4 is 5.73 Å². The van der Waals surface area contributed by atoms with Crippen LogP contribution in [0, 0.1) is 11.3 Å². The lowest BCUT2D eigenvalue weighted by molar-refractivity contribution is 0.232. The average molecular weight is 249 g/mol. The predicted molar refractivity (Wildman–Crippen MR) is 75.2 cm³/mol. The van der Waals surface area contributed by atoms with Crippen LogP contribution in [-0.4, -0.2) is 9.55 Å². The van der Waals surface area contributed by atoms with Crippen molar-refractivity contribution in [2.45, 2.75) is 65.5 Å². The summed E-state index contributed by atoms with van der Waals surface area (Å²) in [6.45, 7) is 7.77. The summed E-state index contributed by atoms with van der Waals surface area (Å²) in [6.07, 6.45) is 10.7. The molecule has 1 saturated carbocycles. The van der Waals surface area contributed by atoms with Crippen LogP contribution in [0.1, 0.15) is 64.6 Å². The lowest BCUT2D eigenvalue weighted by Crippen LogP contribution is -2.27. The molecule has 2 N–H and O–H groups in total. The van der Waals surface area contributed by atoms with Crippen LogP contribution in [0.15, 0.2) is 12.5 Å². The molecule has 0 radical (unpaired) electrons. The molecule has 102 valence electrons. The van der Waals surface area contributed by atoms with Crippen LogP contribution in [-0.2, 0) is 6.54 Å². The first-order valence-electron chi connectivity index (χ1n) is 7.33. The number of imidazole rings is 1. The van der Waals surface area contributed by atoms with E-state index in [-0.39, 0.29) is 6.04 Å². The van der Waals surface area contributed by atoms with Crippen molar-refractivity contribution in [2.75, 3.05) is 0 Å². The fourth-order valence-electron chi connectivity index (χ4n) is 3.19. The molecule has 1 aliphatic rings. The van der Waals surface area contributed by atoms with E-state index in [1.54, 1.807) is 0 Å². The molecule has 1 heterocycles. The maximum Gasteiger partial charge on any atom is 0.0948 e. The molecule has 1 fully saturated rings. The Morgan fingerprint density at radius 2 is 2.06 bits per heavy atom. The lowest BCUT2D eigenvalue weighted by Gasteiger charge is -2.30. The molecular weight excluding hydrogens is 222 g/mol. The second-order valence-corrected chi connectivity index (χ2v) is 6.28. The fraction of sp³-hybridized carbons (Fsp3) is 0.800. The molecule has 18 heavy (non-hydrogen) atoms. The van der Waals surface area contributed by atoms with Gasteiger partial charge in [0.2, 0.25) is 0 Å². The Balaban J connectivity index is 2.16. The summed E-state index contributed by atoms with van der Waals surface area (Å²) in [4.78, 5) is 4.32. The molecule has 2 rings (SSSR count). The highest BCUT2D eigenvalue weighted by Gasteiger charge is 2.33. The van der Waals surface area contributed by atoms with E-state index in [1.165, 1.54) is 37.8 Å². The van der Waals surface area contributed by atoms with Crippen molar-refractivity contribution in [1.82, 2.24) is 9.55 Å². The Morgan fingerprint density at radius 1 is 1.39 bits per heavy atom. The summed E-state index contributed by atoms with van der Waals surface area (Å²) in [5.41, 5.74) is 7.97. The number of hydrogen-bond acceptors (Lipinski definition) is 2. The van der Waals surface area contributed by atoms with Gasteiger partial charge in [-0.25, -0.2) is 4.98 Å². The molecule has 0 saturated heterocycles. The van der Waals surface area contributed by atoms with Crippen LogP contribution in [0.25, 0.3) is 0 Å². The molecule has 1 aliphatic carbocycles. The second kappa shape index (κ2) is 5.43. The Labute approximate surface area is 111 Å². The van der Waals surface area contributed by atoms with Gasteiger partial charge in [-0.1, -0.05) is 33.6 Å². The largest absolute Gasteiger partial charge is 0.333 e. The van der Waals surface area contributed by atoms with Crippen LogP contribution in [0.4, 0.5) is 0 Å². The third kappa shape index (κ3) is 2.61. The Bertz CT molecular complexity index is 375. The third-order valence-corrected chi connectivity index (χ3v) is 4.72. The van der Waals surface area contributed by atoms with E-state index in [4.69, 9.17) is 5.73 Å². The van der Waals surface area contributed by atoms with Gasteiger partial charge in [0.25, 0.3) is 0 Å². The molecule has 0 aromatic carbocycles. The Morgan fingerprint density at radius 3 is 2.61 bits per heavy atom. The molecule has 1 aromatic heterocycles. The number of nitrogens with two attached hydrogens (primary N) is 1. The van der Waals surface area contributed by atoms with Gasteiger partial charge in [-0.15, -0.1) is 0 Å². The van der Waals surface area contributed by atoms with E-state index in [1.807, 2.05) is 12.5 Å². The second-order valence-electron chi connectivity index (χ2n) is 6.28. The molecule has 3 nitrogen and oxygen atoms in total. The highest BCUT2D eigenvalue weighted by Crippen LogP contribution is 2.42. The molecule has 0 bridgehead atoms. The normalized spacial score (nSPS) is 20.5. The van der Waals surface area contributed by atoms with Gasteiger partial charge in [0.05, 0.1) is 12.0 Å². The quantitative estimate of drug-likeness (QED) is 0.868. The number of hydrogen-bond donors (Lipinski definition) is 1. The first kappa shape index (κ1) is 13.6. The molecule has 3 heteroatoms. The van der Waals surface area contributed by atoms with E-state index in [0.29, 0.717) is 11.3 Å². The summed E-state index contributed by atoms with van der Waals surface area (Å²) in [6, 6.07) is 0.0998. The van der Waals surface area contributed by atoms with Crippen molar-refractivity contribution in [2.24, 2.45) is 17.1 Å². The van der Waals surface area contributed by atoms with Gasteiger partial charge < -0.3 is 10.3 Å². The van der Waals surface area contributed by atoms with Crippen molar-refractivity contribution < 1.29 is 0 Å². The summed E-state index contributed by atoms with van der Waals surface area (Å²) in [5, 5.41) is 0. The van der Waals surface area contributed by atoms with Crippen molar-refractivity contribution in [3.05, 3.63) is 18.2 Å². The van der Waals surface area contributed by atoms with E-state index >= 15 is 0 Å².